The lowest BCUT2D eigenvalue weighted by atomic mass is 10.2. The first-order chi connectivity index (χ1) is 9.56. The average Bonchev–Trinajstić information content (AvgIpc) is 2.41. The van der Waals surface area contributed by atoms with Crippen LogP contribution in [-0.2, 0) is 0 Å². The van der Waals surface area contributed by atoms with E-state index in [9.17, 15) is 4.79 Å². The number of para-hydroxylation sites is 2. The van der Waals surface area contributed by atoms with Crippen LogP contribution >= 0.6 is 0 Å². The highest BCUT2D eigenvalue weighted by atomic mass is 16.2. The minimum atomic E-state index is -0.321. The number of rotatable bonds is 3. The molecule has 2 aromatic carbocycles. The van der Waals surface area contributed by atoms with Gasteiger partial charge in [-0.25, -0.2) is 4.79 Å². The van der Waals surface area contributed by atoms with Gasteiger partial charge in [0.25, 0.3) is 0 Å². The molecule has 4 N–H and O–H groups in total. The predicted octanol–water partition coefficient (Wildman–Crippen LogP) is 2.98. The maximum absolute atomic E-state index is 11.9. The Morgan fingerprint density at radius 1 is 1.05 bits per heavy atom. The van der Waals surface area contributed by atoms with Gasteiger partial charge in [0.1, 0.15) is 0 Å². The van der Waals surface area contributed by atoms with Gasteiger partial charge in [-0.3, -0.25) is 0 Å². The SMILES string of the molecule is CN(C)c1cccc(NC(=O)Nc2ccccc2N)c1. The van der Waals surface area contributed by atoms with Crippen LogP contribution in [0.5, 0.6) is 0 Å². The zero-order valence-corrected chi connectivity index (χ0v) is 11.6. The largest absolute Gasteiger partial charge is 0.397 e. The van der Waals surface area contributed by atoms with Gasteiger partial charge in [0.2, 0.25) is 0 Å². The Bertz CT molecular complexity index is 610. The van der Waals surface area contributed by atoms with Crippen molar-refractivity contribution in [2.24, 2.45) is 0 Å². The summed E-state index contributed by atoms with van der Waals surface area (Å²) in [6, 6.07) is 14.4. The number of hydrogen-bond donors (Lipinski definition) is 3. The van der Waals surface area contributed by atoms with Gasteiger partial charge in [-0.15, -0.1) is 0 Å². The lowest BCUT2D eigenvalue weighted by Crippen LogP contribution is -2.20. The van der Waals surface area contributed by atoms with Crippen LogP contribution in [0.15, 0.2) is 48.5 Å². The second-order valence-electron chi connectivity index (χ2n) is 4.61. The number of urea groups is 1. The van der Waals surface area contributed by atoms with Gasteiger partial charge in [0, 0.05) is 25.5 Å². The van der Waals surface area contributed by atoms with E-state index in [1.807, 2.05) is 55.4 Å². The van der Waals surface area contributed by atoms with Gasteiger partial charge in [-0.2, -0.15) is 0 Å². The molecule has 0 saturated heterocycles. The van der Waals surface area contributed by atoms with Crippen molar-refractivity contribution in [2.75, 3.05) is 35.4 Å². The number of carbonyl (C=O) groups is 1. The summed E-state index contributed by atoms with van der Waals surface area (Å²) in [6.45, 7) is 0. The van der Waals surface area contributed by atoms with E-state index < -0.39 is 0 Å². The zero-order chi connectivity index (χ0) is 14.5. The minimum Gasteiger partial charge on any atom is -0.397 e. The fraction of sp³-hybridized carbons (Fsp3) is 0.133. The summed E-state index contributed by atoms with van der Waals surface area (Å²) >= 11 is 0. The van der Waals surface area contributed by atoms with Crippen molar-refractivity contribution in [3.05, 3.63) is 48.5 Å². The van der Waals surface area contributed by atoms with Crippen molar-refractivity contribution in [1.82, 2.24) is 0 Å². The smallest absolute Gasteiger partial charge is 0.323 e. The number of anilines is 4. The van der Waals surface area contributed by atoms with Gasteiger partial charge >= 0.3 is 6.03 Å². The topological polar surface area (TPSA) is 70.4 Å². The molecule has 0 aromatic heterocycles. The van der Waals surface area contributed by atoms with Gasteiger partial charge in [0.05, 0.1) is 11.4 Å². The summed E-state index contributed by atoms with van der Waals surface area (Å²) in [5.74, 6) is 0. The Balaban J connectivity index is 2.05. The predicted molar refractivity (Wildman–Crippen MR) is 84.3 cm³/mol. The molecule has 2 amide bonds. The first-order valence-electron chi connectivity index (χ1n) is 6.26. The third-order valence-corrected chi connectivity index (χ3v) is 2.83. The highest BCUT2D eigenvalue weighted by molar-refractivity contribution is 6.01. The van der Waals surface area contributed by atoms with Crippen molar-refractivity contribution in [2.45, 2.75) is 0 Å². The van der Waals surface area contributed by atoms with Crippen molar-refractivity contribution in [3.63, 3.8) is 0 Å². The molecule has 0 saturated carbocycles. The molecule has 0 aliphatic heterocycles. The molecule has 5 heteroatoms. The number of hydrogen-bond acceptors (Lipinski definition) is 3. The molecule has 20 heavy (non-hydrogen) atoms. The molecule has 0 atom stereocenters. The van der Waals surface area contributed by atoms with E-state index in [1.54, 1.807) is 12.1 Å². The molecule has 0 aliphatic carbocycles. The van der Waals surface area contributed by atoms with E-state index in [1.165, 1.54) is 0 Å². The number of nitrogens with two attached hydrogens (primary N) is 1. The normalized spacial score (nSPS) is 9.90. The quantitative estimate of drug-likeness (QED) is 0.751. The average molecular weight is 270 g/mol. The van der Waals surface area contributed by atoms with E-state index in [0.29, 0.717) is 11.4 Å². The molecule has 104 valence electrons. The zero-order valence-electron chi connectivity index (χ0n) is 11.6. The Kier molecular flexibility index (Phi) is 4.10. The Labute approximate surface area is 118 Å². The number of carbonyl (C=O) groups excluding carboxylic acids is 1. The van der Waals surface area contributed by atoms with E-state index in [2.05, 4.69) is 10.6 Å². The van der Waals surface area contributed by atoms with E-state index >= 15 is 0 Å². The van der Waals surface area contributed by atoms with Crippen molar-refractivity contribution >= 4 is 28.8 Å². The Morgan fingerprint density at radius 3 is 2.50 bits per heavy atom. The molecule has 0 bridgehead atoms. The standard InChI is InChI=1S/C15H18N4O/c1-19(2)12-7-5-6-11(10-12)17-15(20)18-14-9-4-3-8-13(14)16/h3-10H,16H2,1-2H3,(H2,17,18,20). The fourth-order valence-corrected chi connectivity index (χ4v) is 1.76. The molecule has 0 heterocycles. The lowest BCUT2D eigenvalue weighted by molar-refractivity contribution is 0.262. The number of benzene rings is 2. The van der Waals surface area contributed by atoms with Gasteiger partial charge in [-0.05, 0) is 30.3 Å². The van der Waals surface area contributed by atoms with Crippen LogP contribution in [0.25, 0.3) is 0 Å². The lowest BCUT2D eigenvalue weighted by Gasteiger charge is -2.14. The molecule has 0 aliphatic rings. The Hall–Kier alpha value is -2.69. The van der Waals surface area contributed by atoms with Crippen LogP contribution in [0.4, 0.5) is 27.5 Å². The molecule has 2 rings (SSSR count). The van der Waals surface area contributed by atoms with Gasteiger partial charge in [-0.1, -0.05) is 18.2 Å². The third kappa shape index (κ3) is 3.41. The number of nitrogens with zero attached hydrogens (tertiary/aromatic N) is 1. The van der Waals surface area contributed by atoms with E-state index in [0.717, 1.165) is 11.4 Å². The van der Waals surface area contributed by atoms with Crippen molar-refractivity contribution < 1.29 is 4.79 Å². The summed E-state index contributed by atoms with van der Waals surface area (Å²) in [5.41, 5.74) is 8.64. The number of nitrogens with one attached hydrogen (secondary N) is 2. The second-order valence-corrected chi connectivity index (χ2v) is 4.61. The third-order valence-electron chi connectivity index (χ3n) is 2.83. The van der Waals surface area contributed by atoms with Gasteiger partial charge in [0.15, 0.2) is 0 Å². The molecule has 5 nitrogen and oxygen atoms in total. The van der Waals surface area contributed by atoms with Crippen LogP contribution in [0, 0.1) is 0 Å². The maximum Gasteiger partial charge on any atom is 0.323 e. The van der Waals surface area contributed by atoms with E-state index in [4.69, 9.17) is 5.73 Å². The number of amides is 2. The summed E-state index contributed by atoms with van der Waals surface area (Å²) in [6.07, 6.45) is 0. The monoisotopic (exact) mass is 270 g/mol. The van der Waals surface area contributed by atoms with Crippen LogP contribution in [0.1, 0.15) is 0 Å². The summed E-state index contributed by atoms with van der Waals surface area (Å²) in [7, 11) is 3.90. The highest BCUT2D eigenvalue weighted by Gasteiger charge is 2.05. The first-order valence-corrected chi connectivity index (χ1v) is 6.26. The van der Waals surface area contributed by atoms with Crippen molar-refractivity contribution in [3.8, 4) is 0 Å². The minimum absolute atomic E-state index is 0.321. The molecule has 2 aromatic rings. The molecular weight excluding hydrogens is 252 g/mol. The summed E-state index contributed by atoms with van der Waals surface area (Å²) in [5, 5.41) is 5.50. The molecule has 0 fully saturated rings. The molecule has 0 unspecified atom stereocenters. The molecule has 0 radical (unpaired) electrons. The van der Waals surface area contributed by atoms with Crippen LogP contribution in [-0.4, -0.2) is 20.1 Å². The Morgan fingerprint density at radius 2 is 1.80 bits per heavy atom. The maximum atomic E-state index is 11.9. The molecule has 0 spiro atoms. The first kappa shape index (κ1) is 13.7. The highest BCUT2D eigenvalue weighted by Crippen LogP contribution is 2.19. The van der Waals surface area contributed by atoms with Crippen LogP contribution in [0.2, 0.25) is 0 Å². The van der Waals surface area contributed by atoms with Crippen LogP contribution in [0.3, 0.4) is 0 Å². The van der Waals surface area contributed by atoms with Gasteiger partial charge < -0.3 is 21.3 Å². The summed E-state index contributed by atoms with van der Waals surface area (Å²) in [4.78, 5) is 13.9. The fourth-order valence-electron chi connectivity index (χ4n) is 1.76. The van der Waals surface area contributed by atoms with Crippen molar-refractivity contribution in [1.29, 1.82) is 0 Å². The van der Waals surface area contributed by atoms with Crippen LogP contribution < -0.4 is 21.3 Å². The number of nitrogen functional groups attached to an aromatic ring is 1. The molecular formula is C15H18N4O. The second kappa shape index (κ2) is 5.97. The van der Waals surface area contributed by atoms with E-state index in [-0.39, 0.29) is 6.03 Å². The summed E-state index contributed by atoms with van der Waals surface area (Å²) < 4.78 is 0.